The fraction of sp³-hybridized carbons (Fsp3) is 0.190. The second kappa shape index (κ2) is 9.70. The number of hydrogen-bond donors (Lipinski definition) is 2. The van der Waals surface area contributed by atoms with Crippen LogP contribution in [0.2, 0.25) is 0 Å². The number of ether oxygens (including phenoxy) is 2. The maximum Gasteiger partial charge on any atom is 0.255 e. The summed E-state index contributed by atoms with van der Waals surface area (Å²) in [6.07, 6.45) is 0.160. The highest BCUT2D eigenvalue weighted by Gasteiger charge is 2.12. The van der Waals surface area contributed by atoms with E-state index in [1.54, 1.807) is 24.3 Å². The van der Waals surface area contributed by atoms with Gasteiger partial charge in [0.15, 0.2) is 6.61 Å². The number of rotatable bonds is 9. The number of benzene rings is 2. The average molecular weight is 411 g/mol. The Morgan fingerprint density at radius 2 is 1.86 bits per heavy atom. The second-order valence-corrected chi connectivity index (χ2v) is 6.94. The summed E-state index contributed by atoms with van der Waals surface area (Å²) >= 11 is 1.48. The highest BCUT2D eigenvalue weighted by molar-refractivity contribution is 7.13. The second-order valence-electron chi connectivity index (χ2n) is 6.08. The van der Waals surface area contributed by atoms with E-state index in [1.165, 1.54) is 11.3 Å². The van der Waals surface area contributed by atoms with Gasteiger partial charge in [0.1, 0.15) is 16.5 Å². The molecule has 3 rings (SSSR count). The minimum atomic E-state index is -0.547. The Balaban J connectivity index is 1.60. The van der Waals surface area contributed by atoms with Crippen LogP contribution in [0.1, 0.15) is 12.6 Å². The van der Waals surface area contributed by atoms with Crippen LogP contribution in [0.4, 0.5) is 5.69 Å². The summed E-state index contributed by atoms with van der Waals surface area (Å²) in [5.74, 6) is 0.553. The van der Waals surface area contributed by atoms with Crippen LogP contribution >= 0.6 is 11.3 Å². The normalized spacial score (nSPS) is 10.4. The van der Waals surface area contributed by atoms with Crippen LogP contribution in [0.25, 0.3) is 10.6 Å². The lowest BCUT2D eigenvalue weighted by Crippen LogP contribution is -2.20. The lowest BCUT2D eigenvalue weighted by atomic mass is 10.2. The first-order valence-corrected chi connectivity index (χ1v) is 9.90. The highest BCUT2D eigenvalue weighted by atomic mass is 32.1. The quantitative estimate of drug-likeness (QED) is 0.562. The first-order chi connectivity index (χ1) is 14.0. The summed E-state index contributed by atoms with van der Waals surface area (Å²) < 4.78 is 10.8. The summed E-state index contributed by atoms with van der Waals surface area (Å²) in [6, 6.07) is 14.4. The number of para-hydroxylation sites is 1. The van der Waals surface area contributed by atoms with E-state index in [0.29, 0.717) is 23.7 Å². The molecule has 0 fully saturated rings. The van der Waals surface area contributed by atoms with Gasteiger partial charge in [0.05, 0.1) is 24.3 Å². The fourth-order valence-corrected chi connectivity index (χ4v) is 3.44. The van der Waals surface area contributed by atoms with Crippen molar-refractivity contribution in [2.45, 2.75) is 13.3 Å². The zero-order chi connectivity index (χ0) is 20.6. The Morgan fingerprint density at radius 1 is 1.10 bits per heavy atom. The van der Waals surface area contributed by atoms with Crippen molar-refractivity contribution in [3.05, 3.63) is 59.6 Å². The molecule has 0 aliphatic carbocycles. The highest BCUT2D eigenvalue weighted by Crippen LogP contribution is 2.32. The zero-order valence-corrected chi connectivity index (χ0v) is 16.7. The van der Waals surface area contributed by atoms with Crippen LogP contribution in [0, 0.1) is 0 Å². The van der Waals surface area contributed by atoms with Crippen molar-refractivity contribution in [2.75, 3.05) is 18.5 Å². The van der Waals surface area contributed by atoms with E-state index >= 15 is 0 Å². The van der Waals surface area contributed by atoms with Gasteiger partial charge >= 0.3 is 0 Å². The van der Waals surface area contributed by atoms with Crippen molar-refractivity contribution in [1.29, 1.82) is 0 Å². The number of thiazole rings is 1. The van der Waals surface area contributed by atoms with Gasteiger partial charge in [-0.05, 0) is 43.3 Å². The number of amides is 2. The van der Waals surface area contributed by atoms with Crippen LogP contribution in [0.15, 0.2) is 53.9 Å². The molecular formula is C21H21N3O4S. The predicted octanol–water partition coefficient (Wildman–Crippen LogP) is 3.25. The summed E-state index contributed by atoms with van der Waals surface area (Å²) in [5, 5.41) is 5.50. The minimum Gasteiger partial charge on any atom is -0.493 e. The van der Waals surface area contributed by atoms with Crippen molar-refractivity contribution in [2.24, 2.45) is 5.73 Å². The molecule has 0 radical (unpaired) electrons. The van der Waals surface area contributed by atoms with E-state index in [-0.39, 0.29) is 18.9 Å². The number of carbonyl (C=O) groups is 2. The van der Waals surface area contributed by atoms with Crippen LogP contribution in [0.5, 0.6) is 11.5 Å². The first-order valence-electron chi connectivity index (χ1n) is 9.02. The molecule has 0 atom stereocenters. The molecule has 0 spiro atoms. The van der Waals surface area contributed by atoms with E-state index in [0.717, 1.165) is 16.3 Å². The van der Waals surface area contributed by atoms with Crippen LogP contribution in [0.3, 0.4) is 0 Å². The average Bonchev–Trinajstić information content (AvgIpc) is 3.16. The Morgan fingerprint density at radius 3 is 2.59 bits per heavy atom. The molecule has 2 aromatic carbocycles. The third-order valence-electron chi connectivity index (χ3n) is 3.83. The van der Waals surface area contributed by atoms with E-state index < -0.39 is 5.91 Å². The molecule has 150 valence electrons. The molecule has 29 heavy (non-hydrogen) atoms. The van der Waals surface area contributed by atoms with Crippen molar-refractivity contribution >= 4 is 28.8 Å². The lowest BCUT2D eigenvalue weighted by molar-refractivity contribution is -0.120. The fourth-order valence-electron chi connectivity index (χ4n) is 2.60. The minimum absolute atomic E-state index is 0.160. The van der Waals surface area contributed by atoms with Crippen LogP contribution < -0.4 is 20.5 Å². The molecule has 0 unspecified atom stereocenters. The monoisotopic (exact) mass is 411 g/mol. The smallest absolute Gasteiger partial charge is 0.255 e. The zero-order valence-electron chi connectivity index (χ0n) is 15.9. The van der Waals surface area contributed by atoms with Gasteiger partial charge in [-0.1, -0.05) is 12.1 Å². The molecule has 8 heteroatoms. The summed E-state index contributed by atoms with van der Waals surface area (Å²) in [5.41, 5.74) is 7.27. The summed E-state index contributed by atoms with van der Waals surface area (Å²) in [6.45, 7) is 2.32. The van der Waals surface area contributed by atoms with Gasteiger partial charge in [-0.15, -0.1) is 11.3 Å². The molecule has 7 nitrogen and oxygen atoms in total. The molecule has 3 N–H and O–H groups in total. The number of primary amides is 1. The maximum atomic E-state index is 12.3. The Labute approximate surface area is 172 Å². The van der Waals surface area contributed by atoms with E-state index in [9.17, 15) is 9.59 Å². The molecule has 2 amide bonds. The summed E-state index contributed by atoms with van der Waals surface area (Å²) in [4.78, 5) is 27.6. The molecule has 0 aliphatic heterocycles. The number of hydrogen-bond acceptors (Lipinski definition) is 6. The predicted molar refractivity (Wildman–Crippen MR) is 112 cm³/mol. The number of nitrogens with two attached hydrogens (primary N) is 1. The number of nitrogens with zero attached hydrogens (tertiary/aromatic N) is 1. The lowest BCUT2D eigenvalue weighted by Gasteiger charge is -2.07. The van der Waals surface area contributed by atoms with Gasteiger partial charge in [0, 0.05) is 11.1 Å². The Hall–Kier alpha value is -3.39. The van der Waals surface area contributed by atoms with E-state index in [1.807, 2.05) is 36.6 Å². The first kappa shape index (κ1) is 20.3. The van der Waals surface area contributed by atoms with Crippen LogP contribution in [-0.4, -0.2) is 30.0 Å². The Kier molecular flexibility index (Phi) is 6.80. The van der Waals surface area contributed by atoms with Gasteiger partial charge in [-0.3, -0.25) is 9.59 Å². The van der Waals surface area contributed by atoms with Crippen molar-refractivity contribution < 1.29 is 19.1 Å². The number of carbonyl (C=O) groups excluding carboxylic acids is 2. The molecule has 0 bridgehead atoms. The third kappa shape index (κ3) is 5.79. The largest absolute Gasteiger partial charge is 0.493 e. The molecule has 0 saturated carbocycles. The van der Waals surface area contributed by atoms with Crippen molar-refractivity contribution in [1.82, 2.24) is 4.98 Å². The topological polar surface area (TPSA) is 104 Å². The number of anilines is 1. The van der Waals surface area contributed by atoms with Gasteiger partial charge in [-0.2, -0.15) is 0 Å². The third-order valence-corrected chi connectivity index (χ3v) is 4.75. The molecule has 1 heterocycles. The van der Waals surface area contributed by atoms with Gasteiger partial charge in [0.2, 0.25) is 5.91 Å². The molecular weight excluding hydrogens is 390 g/mol. The Bertz CT molecular complexity index is 986. The van der Waals surface area contributed by atoms with Gasteiger partial charge < -0.3 is 20.5 Å². The number of aromatic nitrogens is 1. The van der Waals surface area contributed by atoms with E-state index in [4.69, 9.17) is 15.2 Å². The van der Waals surface area contributed by atoms with E-state index in [2.05, 4.69) is 10.3 Å². The number of nitrogens with one attached hydrogen (secondary N) is 1. The van der Waals surface area contributed by atoms with Crippen molar-refractivity contribution in [3.63, 3.8) is 0 Å². The van der Waals surface area contributed by atoms with Crippen molar-refractivity contribution in [3.8, 4) is 22.1 Å². The summed E-state index contributed by atoms with van der Waals surface area (Å²) in [7, 11) is 0. The molecule has 1 aromatic heterocycles. The maximum absolute atomic E-state index is 12.3. The molecule has 0 aliphatic rings. The standard InChI is InChI=1S/C21H21N3O4S/c1-2-27-18-6-4-3-5-17(18)21-24-15(13-29-21)11-20(26)23-14-7-9-16(10-8-14)28-12-19(22)25/h3-10,13H,2,11-12H2,1H3,(H2,22,25)(H,23,26). The molecule has 0 saturated heterocycles. The van der Waals surface area contributed by atoms with Gasteiger partial charge in [-0.25, -0.2) is 4.98 Å². The molecule has 3 aromatic rings. The van der Waals surface area contributed by atoms with Crippen LogP contribution in [-0.2, 0) is 16.0 Å². The van der Waals surface area contributed by atoms with Gasteiger partial charge in [0.25, 0.3) is 5.91 Å². The SMILES string of the molecule is CCOc1ccccc1-c1nc(CC(=O)Nc2ccc(OCC(N)=O)cc2)cs1.